The maximum atomic E-state index is 13.6. The lowest BCUT2D eigenvalue weighted by Crippen LogP contribution is -2.35. The minimum Gasteiger partial charge on any atom is -0.497 e. The van der Waals surface area contributed by atoms with Gasteiger partial charge in [-0.1, -0.05) is 43.0 Å². The van der Waals surface area contributed by atoms with E-state index in [1.165, 1.54) is 0 Å². The average Bonchev–Trinajstić information content (AvgIpc) is 3.47. The van der Waals surface area contributed by atoms with Crippen molar-refractivity contribution in [2.45, 2.75) is 32.2 Å². The second kappa shape index (κ2) is 11.3. The number of methoxy groups -OCH3 is 1. The van der Waals surface area contributed by atoms with E-state index >= 15 is 0 Å². The predicted octanol–water partition coefficient (Wildman–Crippen LogP) is 6.57. The number of ether oxygens (including phenoxy) is 1. The van der Waals surface area contributed by atoms with Gasteiger partial charge in [0.25, 0.3) is 11.8 Å². The van der Waals surface area contributed by atoms with E-state index < -0.39 is 5.54 Å². The van der Waals surface area contributed by atoms with Crippen LogP contribution in [0.25, 0.3) is 39.1 Å². The van der Waals surface area contributed by atoms with Crippen molar-refractivity contribution in [3.05, 3.63) is 108 Å². The van der Waals surface area contributed by atoms with E-state index in [0.717, 1.165) is 46.4 Å². The zero-order chi connectivity index (χ0) is 31.0. The zero-order valence-electron chi connectivity index (χ0n) is 25.1. The van der Waals surface area contributed by atoms with Crippen LogP contribution < -0.4 is 15.4 Å². The summed E-state index contributed by atoms with van der Waals surface area (Å²) in [7, 11) is 3.21. The van der Waals surface area contributed by atoms with Crippen molar-refractivity contribution >= 4 is 28.4 Å². The lowest BCUT2D eigenvalue weighted by Gasteiger charge is -2.16. The molecule has 0 spiro atoms. The molecule has 1 aliphatic rings. The van der Waals surface area contributed by atoms with Gasteiger partial charge in [0.2, 0.25) is 0 Å². The Kier molecular flexibility index (Phi) is 7.38. The zero-order valence-corrected chi connectivity index (χ0v) is 25.1. The van der Waals surface area contributed by atoms with Gasteiger partial charge in [0.1, 0.15) is 17.1 Å². The van der Waals surface area contributed by atoms with Crippen LogP contribution in [-0.2, 0) is 5.54 Å². The molecular formula is C35H33N5O4. The van der Waals surface area contributed by atoms with Gasteiger partial charge in [-0.15, -0.1) is 0 Å². The maximum Gasteiger partial charge on any atom is 0.255 e. The van der Waals surface area contributed by atoms with E-state index in [0.29, 0.717) is 39.5 Å². The van der Waals surface area contributed by atoms with E-state index in [4.69, 9.17) is 14.1 Å². The number of hydrogen-bond donors (Lipinski definition) is 3. The summed E-state index contributed by atoms with van der Waals surface area (Å²) in [6, 6.07) is 18.9. The van der Waals surface area contributed by atoms with Gasteiger partial charge in [0.05, 0.1) is 18.2 Å². The van der Waals surface area contributed by atoms with Gasteiger partial charge in [-0.3, -0.25) is 14.7 Å². The molecule has 0 radical (unpaired) electrons. The van der Waals surface area contributed by atoms with Crippen molar-refractivity contribution in [3.63, 3.8) is 0 Å². The van der Waals surface area contributed by atoms with Crippen molar-refractivity contribution in [1.29, 1.82) is 0 Å². The molecule has 0 bridgehead atoms. The van der Waals surface area contributed by atoms with E-state index in [2.05, 4.69) is 27.4 Å². The highest BCUT2D eigenvalue weighted by atomic mass is 16.5. The fraction of sp³-hybridized carbons (Fsp3) is 0.200. The number of aryl methyl sites for hydroxylation is 1. The molecule has 2 aromatic heterocycles. The molecule has 44 heavy (non-hydrogen) atoms. The monoisotopic (exact) mass is 587 g/mol. The van der Waals surface area contributed by atoms with Crippen molar-refractivity contribution in [2.75, 3.05) is 14.2 Å². The predicted molar refractivity (Wildman–Crippen MR) is 170 cm³/mol. The van der Waals surface area contributed by atoms with Gasteiger partial charge < -0.3 is 19.8 Å². The Balaban J connectivity index is 1.30. The van der Waals surface area contributed by atoms with Gasteiger partial charge in [-0.25, -0.2) is 4.98 Å². The summed E-state index contributed by atoms with van der Waals surface area (Å²) in [6.45, 7) is 7.73. The van der Waals surface area contributed by atoms with E-state index in [9.17, 15) is 9.59 Å². The third-order valence-corrected chi connectivity index (χ3v) is 8.12. The second-order valence-corrected chi connectivity index (χ2v) is 10.8. The normalized spacial score (nSPS) is 13.9. The largest absolute Gasteiger partial charge is 0.497 e. The number of aromatic nitrogens is 3. The molecule has 6 rings (SSSR count). The fourth-order valence-corrected chi connectivity index (χ4v) is 5.44. The van der Waals surface area contributed by atoms with Crippen LogP contribution in [0, 0.1) is 6.92 Å². The summed E-state index contributed by atoms with van der Waals surface area (Å²) in [5, 5.41) is 14.0. The molecule has 1 fully saturated rings. The lowest BCUT2D eigenvalue weighted by molar-refractivity contribution is 0.0927. The number of rotatable bonds is 9. The molecule has 0 aliphatic heterocycles. The van der Waals surface area contributed by atoms with Gasteiger partial charge in [-0.05, 0) is 79.8 Å². The molecule has 0 atom stereocenters. The van der Waals surface area contributed by atoms with Crippen molar-refractivity contribution in [3.8, 4) is 28.3 Å². The number of fused-ring (bicyclic) bond motifs is 1. The van der Waals surface area contributed by atoms with Crippen LogP contribution in [0.2, 0.25) is 0 Å². The summed E-state index contributed by atoms with van der Waals surface area (Å²) < 4.78 is 11.4. The molecule has 9 nitrogen and oxygen atoms in total. The maximum absolute atomic E-state index is 13.6. The number of carbonyl (C=O) groups is 2. The summed E-state index contributed by atoms with van der Waals surface area (Å²) in [4.78, 5) is 31.3. The van der Waals surface area contributed by atoms with Crippen LogP contribution in [0.15, 0.2) is 83.8 Å². The summed E-state index contributed by atoms with van der Waals surface area (Å²) in [5.41, 5.74) is 5.24. The molecular weight excluding hydrogens is 554 g/mol. The van der Waals surface area contributed by atoms with Crippen LogP contribution in [-0.4, -0.2) is 41.2 Å². The molecule has 2 amide bonds. The topological polar surface area (TPSA) is 122 Å². The van der Waals surface area contributed by atoms with E-state index in [1.54, 1.807) is 20.2 Å². The van der Waals surface area contributed by atoms with Crippen molar-refractivity contribution < 1.29 is 18.7 Å². The first-order valence-electron chi connectivity index (χ1n) is 14.4. The Morgan fingerprint density at radius 3 is 2.59 bits per heavy atom. The molecule has 0 saturated heterocycles. The van der Waals surface area contributed by atoms with Crippen molar-refractivity contribution in [1.82, 2.24) is 25.8 Å². The first-order valence-corrected chi connectivity index (χ1v) is 14.4. The SMILES string of the molecule is C=CC(=CC)c1oc2ccc(-c3cc(C(=O)NC4(c5nc(-c6cccc(OC)c6)n[nH]5)CC4)ccc3C)cc2c1C(=O)NC. The average molecular weight is 588 g/mol. The Hall–Kier alpha value is -5.44. The molecule has 2 heterocycles. The second-order valence-electron chi connectivity index (χ2n) is 10.8. The van der Waals surface area contributed by atoms with Gasteiger partial charge in [-0.2, -0.15) is 5.10 Å². The van der Waals surface area contributed by atoms with Crippen LogP contribution in [0.5, 0.6) is 5.75 Å². The Morgan fingerprint density at radius 2 is 1.89 bits per heavy atom. The summed E-state index contributed by atoms with van der Waals surface area (Å²) >= 11 is 0. The lowest BCUT2D eigenvalue weighted by atomic mass is 9.95. The third-order valence-electron chi connectivity index (χ3n) is 8.12. The number of hydrogen-bond acceptors (Lipinski definition) is 6. The number of aromatic amines is 1. The number of H-pyrrole nitrogens is 1. The smallest absolute Gasteiger partial charge is 0.255 e. The number of benzene rings is 3. The standard InChI is InChI=1S/C35H33N5O4/c1-6-21(7-2)30-29(33(42)36-4)27-18-22(13-14-28(27)44-30)26-19-24(12-11-20(26)3)32(41)38-35(15-16-35)34-37-31(39-40-34)23-9-8-10-25(17-23)43-5/h6-14,17-19H,1,15-16H2,2-5H3,(H,36,42)(H,38,41)(H,37,39,40). The number of carbonyl (C=O) groups excluding carboxylic acids is 2. The highest BCUT2D eigenvalue weighted by Crippen LogP contribution is 2.44. The first-order chi connectivity index (χ1) is 21.3. The third kappa shape index (κ3) is 5.06. The number of allylic oxidation sites excluding steroid dienone is 3. The molecule has 3 aromatic carbocycles. The number of amides is 2. The molecule has 1 aliphatic carbocycles. The minimum absolute atomic E-state index is 0.204. The van der Waals surface area contributed by atoms with Gasteiger partial charge >= 0.3 is 0 Å². The van der Waals surface area contributed by atoms with E-state index in [1.807, 2.05) is 80.6 Å². The summed E-state index contributed by atoms with van der Waals surface area (Å²) in [6.07, 6.45) is 5.04. The van der Waals surface area contributed by atoms with Crippen LogP contribution in [0.1, 0.15) is 57.6 Å². The van der Waals surface area contributed by atoms with Crippen LogP contribution in [0.3, 0.4) is 0 Å². The van der Waals surface area contributed by atoms with Crippen LogP contribution >= 0.6 is 0 Å². The highest BCUT2D eigenvalue weighted by molar-refractivity contribution is 6.11. The van der Waals surface area contributed by atoms with Gasteiger partial charge in [0.15, 0.2) is 11.6 Å². The quantitative estimate of drug-likeness (QED) is 0.168. The molecule has 1 saturated carbocycles. The minimum atomic E-state index is -0.601. The number of nitrogens with one attached hydrogen (secondary N) is 3. The van der Waals surface area contributed by atoms with Crippen LogP contribution in [0.4, 0.5) is 0 Å². The molecule has 222 valence electrons. The first kappa shape index (κ1) is 28.7. The molecule has 3 N–H and O–H groups in total. The number of nitrogens with zero attached hydrogens (tertiary/aromatic N) is 2. The van der Waals surface area contributed by atoms with Crippen molar-refractivity contribution in [2.24, 2.45) is 0 Å². The molecule has 0 unspecified atom stereocenters. The van der Waals surface area contributed by atoms with E-state index in [-0.39, 0.29) is 11.8 Å². The summed E-state index contributed by atoms with van der Waals surface area (Å²) in [5.74, 6) is 1.90. The molecule has 9 heteroatoms. The Labute approximate surface area is 255 Å². The Morgan fingerprint density at radius 1 is 1.07 bits per heavy atom. The Bertz CT molecular complexity index is 1960. The number of furan rings is 1. The fourth-order valence-electron chi connectivity index (χ4n) is 5.44. The molecule has 5 aromatic rings. The highest BCUT2D eigenvalue weighted by Gasteiger charge is 2.49. The van der Waals surface area contributed by atoms with Gasteiger partial charge in [0, 0.05) is 29.1 Å².